The molecule has 0 aromatic heterocycles. The molecule has 1 aromatic rings. The van der Waals surface area contributed by atoms with Crippen LogP contribution in [0.4, 0.5) is 0 Å². The van der Waals surface area contributed by atoms with Crippen molar-refractivity contribution >= 4 is 5.91 Å². The number of nitrogens with one attached hydrogen (secondary N) is 1. The highest BCUT2D eigenvalue weighted by Gasteiger charge is 2.39. The molecule has 5 heteroatoms. The lowest BCUT2D eigenvalue weighted by molar-refractivity contribution is -0.129. The zero-order valence-electron chi connectivity index (χ0n) is 14.3. The number of amides is 1. The van der Waals surface area contributed by atoms with E-state index in [9.17, 15) is 9.90 Å². The average Bonchev–Trinajstić information content (AvgIpc) is 2.53. The Kier molecular flexibility index (Phi) is 5.41. The van der Waals surface area contributed by atoms with Crippen molar-refractivity contribution in [2.75, 3.05) is 19.6 Å². The standard InChI is InChI=1S/C19H29N3O2/c20-19(8-3-9-19)18(24)21-10-7-15-5-2-11-22(13-15)14-16-4-1-6-17(23)12-16/h1,4,6,12,15,23H,2-3,5,7-11,13-14,20H2,(H,21,24). The molecular formula is C19H29N3O2. The molecule has 1 heterocycles. The third-order valence-corrected chi connectivity index (χ3v) is 5.46. The summed E-state index contributed by atoms with van der Waals surface area (Å²) in [5.41, 5.74) is 6.61. The van der Waals surface area contributed by atoms with E-state index in [1.807, 2.05) is 12.1 Å². The number of piperidine rings is 1. The van der Waals surface area contributed by atoms with Gasteiger partial charge in [0.2, 0.25) is 5.91 Å². The molecule has 1 saturated carbocycles. The van der Waals surface area contributed by atoms with Gasteiger partial charge in [-0.1, -0.05) is 12.1 Å². The predicted molar refractivity (Wildman–Crippen MR) is 94.5 cm³/mol. The molecule has 3 rings (SSSR count). The number of nitrogens with two attached hydrogens (primary N) is 1. The summed E-state index contributed by atoms with van der Waals surface area (Å²) in [5.74, 6) is 0.975. The lowest BCUT2D eigenvalue weighted by atomic mass is 9.77. The summed E-state index contributed by atoms with van der Waals surface area (Å²) in [6, 6.07) is 7.49. The van der Waals surface area contributed by atoms with Gasteiger partial charge in [0.25, 0.3) is 0 Å². The molecule has 0 spiro atoms. The Morgan fingerprint density at radius 2 is 2.21 bits per heavy atom. The summed E-state index contributed by atoms with van der Waals surface area (Å²) < 4.78 is 0. The number of hydrogen-bond acceptors (Lipinski definition) is 4. The highest BCUT2D eigenvalue weighted by molar-refractivity contribution is 5.86. The topological polar surface area (TPSA) is 78.6 Å². The Hall–Kier alpha value is -1.59. The number of benzene rings is 1. The number of phenols is 1. The van der Waals surface area contributed by atoms with Gasteiger partial charge < -0.3 is 16.2 Å². The fourth-order valence-corrected chi connectivity index (χ4v) is 3.79. The molecular weight excluding hydrogens is 302 g/mol. The lowest BCUT2D eigenvalue weighted by Gasteiger charge is -2.36. The molecule has 1 amide bonds. The Bertz CT molecular complexity index is 571. The number of rotatable bonds is 6. The van der Waals surface area contributed by atoms with E-state index < -0.39 is 5.54 Å². The van der Waals surface area contributed by atoms with Crippen molar-refractivity contribution in [3.8, 4) is 5.75 Å². The van der Waals surface area contributed by atoms with E-state index in [0.717, 1.165) is 57.4 Å². The normalized spacial score (nSPS) is 23.5. The number of aromatic hydroxyl groups is 1. The van der Waals surface area contributed by atoms with Gasteiger partial charge in [-0.15, -0.1) is 0 Å². The number of carbonyl (C=O) groups is 1. The van der Waals surface area contributed by atoms with Crippen molar-refractivity contribution in [2.24, 2.45) is 11.7 Å². The van der Waals surface area contributed by atoms with E-state index in [0.29, 0.717) is 11.7 Å². The highest BCUT2D eigenvalue weighted by Crippen LogP contribution is 2.29. The van der Waals surface area contributed by atoms with Crippen LogP contribution in [0, 0.1) is 5.92 Å². The summed E-state index contributed by atoms with van der Waals surface area (Å²) in [5, 5.41) is 12.6. The number of likely N-dealkylation sites (tertiary alicyclic amines) is 1. The average molecular weight is 331 g/mol. The fraction of sp³-hybridized carbons (Fsp3) is 0.632. The molecule has 4 N–H and O–H groups in total. The number of carbonyl (C=O) groups excluding carboxylic acids is 1. The number of hydrogen-bond donors (Lipinski definition) is 3. The van der Waals surface area contributed by atoms with Gasteiger partial charge in [-0.25, -0.2) is 0 Å². The molecule has 1 saturated heterocycles. The van der Waals surface area contributed by atoms with E-state index in [-0.39, 0.29) is 5.91 Å². The summed E-state index contributed by atoms with van der Waals surface area (Å²) in [4.78, 5) is 14.5. The zero-order valence-corrected chi connectivity index (χ0v) is 14.3. The van der Waals surface area contributed by atoms with Gasteiger partial charge in [0, 0.05) is 19.6 Å². The van der Waals surface area contributed by atoms with E-state index in [1.165, 1.54) is 12.8 Å². The largest absolute Gasteiger partial charge is 0.508 e. The third kappa shape index (κ3) is 4.28. The molecule has 1 aliphatic heterocycles. The first-order valence-electron chi connectivity index (χ1n) is 9.13. The van der Waals surface area contributed by atoms with Crippen LogP contribution in [0.3, 0.4) is 0 Å². The van der Waals surface area contributed by atoms with Gasteiger partial charge in [-0.05, 0) is 68.7 Å². The Labute approximate surface area is 144 Å². The SMILES string of the molecule is NC1(C(=O)NCCC2CCCN(Cc3cccc(O)c3)C2)CCC1. The molecule has 1 unspecified atom stereocenters. The quantitative estimate of drug-likeness (QED) is 0.745. The Morgan fingerprint density at radius 1 is 1.38 bits per heavy atom. The van der Waals surface area contributed by atoms with Crippen molar-refractivity contribution < 1.29 is 9.90 Å². The van der Waals surface area contributed by atoms with Crippen LogP contribution >= 0.6 is 0 Å². The smallest absolute Gasteiger partial charge is 0.240 e. The molecule has 5 nitrogen and oxygen atoms in total. The maximum Gasteiger partial charge on any atom is 0.240 e. The second-order valence-electron chi connectivity index (χ2n) is 7.47. The molecule has 132 valence electrons. The summed E-state index contributed by atoms with van der Waals surface area (Å²) in [6.45, 7) is 3.76. The van der Waals surface area contributed by atoms with Crippen LogP contribution in [0.25, 0.3) is 0 Å². The van der Waals surface area contributed by atoms with Crippen molar-refractivity contribution in [2.45, 2.75) is 50.6 Å². The lowest BCUT2D eigenvalue weighted by Crippen LogP contribution is -2.58. The molecule has 2 fully saturated rings. The molecule has 1 atom stereocenters. The van der Waals surface area contributed by atoms with Crippen molar-refractivity contribution in [1.82, 2.24) is 10.2 Å². The Morgan fingerprint density at radius 3 is 2.92 bits per heavy atom. The van der Waals surface area contributed by atoms with Crippen LogP contribution in [0.15, 0.2) is 24.3 Å². The molecule has 0 radical (unpaired) electrons. The maximum absolute atomic E-state index is 12.1. The summed E-state index contributed by atoms with van der Waals surface area (Å²) >= 11 is 0. The van der Waals surface area contributed by atoms with Gasteiger partial charge in [0.1, 0.15) is 5.75 Å². The first-order chi connectivity index (χ1) is 11.5. The minimum absolute atomic E-state index is 0.0289. The van der Waals surface area contributed by atoms with Crippen LogP contribution in [0.2, 0.25) is 0 Å². The van der Waals surface area contributed by atoms with Crippen LogP contribution < -0.4 is 11.1 Å². The van der Waals surface area contributed by atoms with Gasteiger partial charge in [-0.2, -0.15) is 0 Å². The first-order valence-corrected chi connectivity index (χ1v) is 9.13. The minimum atomic E-state index is -0.589. The Balaban J connectivity index is 1.41. The minimum Gasteiger partial charge on any atom is -0.508 e. The number of phenolic OH excluding ortho intramolecular Hbond substituents is 1. The second kappa shape index (κ2) is 7.53. The molecule has 2 aliphatic rings. The highest BCUT2D eigenvalue weighted by atomic mass is 16.3. The third-order valence-electron chi connectivity index (χ3n) is 5.46. The molecule has 0 bridgehead atoms. The fourth-order valence-electron chi connectivity index (χ4n) is 3.79. The molecule has 1 aromatic carbocycles. The zero-order chi connectivity index (χ0) is 17.0. The van der Waals surface area contributed by atoms with Crippen LogP contribution in [0.1, 0.15) is 44.1 Å². The van der Waals surface area contributed by atoms with Gasteiger partial charge in [-0.3, -0.25) is 9.69 Å². The van der Waals surface area contributed by atoms with Crippen LogP contribution in [0.5, 0.6) is 5.75 Å². The predicted octanol–water partition coefficient (Wildman–Crippen LogP) is 1.99. The van der Waals surface area contributed by atoms with Gasteiger partial charge in [0.05, 0.1) is 5.54 Å². The van der Waals surface area contributed by atoms with Gasteiger partial charge >= 0.3 is 0 Å². The van der Waals surface area contributed by atoms with Crippen molar-refractivity contribution in [3.05, 3.63) is 29.8 Å². The first kappa shape index (κ1) is 17.2. The van der Waals surface area contributed by atoms with Crippen molar-refractivity contribution in [3.63, 3.8) is 0 Å². The van der Waals surface area contributed by atoms with Crippen LogP contribution in [-0.4, -0.2) is 41.1 Å². The van der Waals surface area contributed by atoms with Crippen molar-refractivity contribution in [1.29, 1.82) is 0 Å². The van der Waals surface area contributed by atoms with Crippen LogP contribution in [-0.2, 0) is 11.3 Å². The second-order valence-corrected chi connectivity index (χ2v) is 7.47. The maximum atomic E-state index is 12.1. The van der Waals surface area contributed by atoms with E-state index in [1.54, 1.807) is 6.07 Å². The van der Waals surface area contributed by atoms with E-state index >= 15 is 0 Å². The number of nitrogens with zero attached hydrogens (tertiary/aromatic N) is 1. The molecule has 1 aliphatic carbocycles. The molecule has 24 heavy (non-hydrogen) atoms. The monoisotopic (exact) mass is 331 g/mol. The van der Waals surface area contributed by atoms with E-state index in [2.05, 4.69) is 16.3 Å². The van der Waals surface area contributed by atoms with Gasteiger partial charge in [0.15, 0.2) is 0 Å². The summed E-state index contributed by atoms with van der Waals surface area (Å²) in [7, 11) is 0. The van der Waals surface area contributed by atoms with E-state index in [4.69, 9.17) is 5.73 Å². The summed E-state index contributed by atoms with van der Waals surface area (Å²) in [6.07, 6.45) is 6.13.